The number of aryl methyl sites for hydroxylation is 1. The first-order valence-corrected chi connectivity index (χ1v) is 4.40. The van der Waals surface area contributed by atoms with Crippen molar-refractivity contribution in [3.63, 3.8) is 0 Å². The zero-order valence-electron chi connectivity index (χ0n) is 8.66. The summed E-state index contributed by atoms with van der Waals surface area (Å²) >= 11 is 0. The summed E-state index contributed by atoms with van der Waals surface area (Å²) < 4.78 is 5.43. The molecule has 0 saturated carbocycles. The van der Waals surface area contributed by atoms with Crippen LogP contribution in [0.25, 0.3) is 0 Å². The maximum absolute atomic E-state index is 5.43. The van der Waals surface area contributed by atoms with Gasteiger partial charge in [-0.05, 0) is 18.4 Å². The van der Waals surface area contributed by atoms with Gasteiger partial charge in [0.2, 0.25) is 0 Å². The maximum Gasteiger partial charge on any atom is 0.316 e. The van der Waals surface area contributed by atoms with Crippen molar-refractivity contribution in [1.82, 2.24) is 9.97 Å². The van der Waals surface area contributed by atoms with Crippen LogP contribution in [-0.2, 0) is 0 Å². The van der Waals surface area contributed by atoms with Crippen LogP contribution in [0.15, 0.2) is 12.3 Å². The highest BCUT2D eigenvalue weighted by atomic mass is 16.5. The van der Waals surface area contributed by atoms with Gasteiger partial charge >= 0.3 is 6.01 Å². The average molecular weight is 180 g/mol. The van der Waals surface area contributed by atoms with E-state index in [9.17, 15) is 0 Å². The number of rotatable bonds is 2. The summed E-state index contributed by atoms with van der Waals surface area (Å²) in [5.74, 6) is 0. The van der Waals surface area contributed by atoms with Crippen molar-refractivity contribution in [2.45, 2.75) is 27.7 Å². The second-order valence-electron chi connectivity index (χ2n) is 4.33. The molecule has 1 aromatic heterocycles. The molecule has 0 amide bonds. The lowest BCUT2D eigenvalue weighted by Gasteiger charge is -2.17. The molecule has 0 aliphatic rings. The van der Waals surface area contributed by atoms with Crippen molar-refractivity contribution in [3.8, 4) is 6.01 Å². The Morgan fingerprint density at radius 1 is 1.38 bits per heavy atom. The molecule has 0 atom stereocenters. The summed E-state index contributed by atoms with van der Waals surface area (Å²) in [6, 6.07) is 2.32. The number of hydrogen-bond acceptors (Lipinski definition) is 3. The molecule has 72 valence electrons. The molecular weight excluding hydrogens is 164 g/mol. The minimum absolute atomic E-state index is 0.146. The van der Waals surface area contributed by atoms with E-state index < -0.39 is 0 Å². The monoisotopic (exact) mass is 180 g/mol. The molecule has 0 radical (unpaired) electrons. The van der Waals surface area contributed by atoms with Gasteiger partial charge in [-0.25, -0.2) is 9.97 Å². The topological polar surface area (TPSA) is 35.0 Å². The van der Waals surface area contributed by atoms with E-state index >= 15 is 0 Å². The highest BCUT2D eigenvalue weighted by Crippen LogP contribution is 2.14. The first-order chi connectivity index (χ1) is 5.97. The van der Waals surface area contributed by atoms with Crippen LogP contribution in [0.2, 0.25) is 0 Å². The van der Waals surface area contributed by atoms with Crippen molar-refractivity contribution >= 4 is 0 Å². The summed E-state index contributed by atoms with van der Waals surface area (Å²) in [5.41, 5.74) is 1.08. The Balaban J connectivity index is 2.55. The lowest BCUT2D eigenvalue weighted by Crippen LogP contribution is -2.17. The Labute approximate surface area is 79.2 Å². The highest BCUT2D eigenvalue weighted by Gasteiger charge is 2.11. The fraction of sp³-hybridized carbons (Fsp3) is 0.600. The van der Waals surface area contributed by atoms with Gasteiger partial charge < -0.3 is 4.74 Å². The van der Waals surface area contributed by atoms with Crippen LogP contribution in [0, 0.1) is 12.3 Å². The third-order valence-corrected chi connectivity index (χ3v) is 1.41. The predicted octanol–water partition coefficient (Wildman–Crippen LogP) is 2.21. The second-order valence-corrected chi connectivity index (χ2v) is 4.33. The molecule has 3 nitrogen and oxygen atoms in total. The van der Waals surface area contributed by atoms with Gasteiger partial charge in [-0.1, -0.05) is 20.8 Å². The quantitative estimate of drug-likeness (QED) is 0.700. The van der Waals surface area contributed by atoms with E-state index in [1.165, 1.54) is 0 Å². The fourth-order valence-electron chi connectivity index (χ4n) is 0.776. The van der Waals surface area contributed by atoms with Crippen LogP contribution in [0.5, 0.6) is 6.01 Å². The maximum atomic E-state index is 5.43. The zero-order valence-corrected chi connectivity index (χ0v) is 8.66. The standard InChI is InChI=1S/C10H16N2O/c1-8-5-6-11-9(12-8)13-7-10(2,3)4/h5-6H,7H2,1-4H3. The van der Waals surface area contributed by atoms with Crippen molar-refractivity contribution in [2.24, 2.45) is 5.41 Å². The van der Waals surface area contributed by atoms with Crippen molar-refractivity contribution in [2.75, 3.05) is 6.61 Å². The summed E-state index contributed by atoms with van der Waals surface area (Å²) in [5, 5.41) is 0. The SMILES string of the molecule is Cc1ccnc(OCC(C)(C)C)n1. The first kappa shape index (κ1) is 9.96. The zero-order chi connectivity index (χ0) is 9.90. The molecular formula is C10H16N2O. The average Bonchev–Trinajstić information content (AvgIpc) is 2.00. The smallest absolute Gasteiger partial charge is 0.316 e. The Kier molecular flexibility index (Phi) is 2.86. The Morgan fingerprint density at radius 2 is 2.08 bits per heavy atom. The number of nitrogens with zero attached hydrogens (tertiary/aromatic N) is 2. The number of aromatic nitrogens is 2. The van der Waals surface area contributed by atoms with E-state index in [1.54, 1.807) is 6.20 Å². The lowest BCUT2D eigenvalue weighted by atomic mass is 9.99. The highest BCUT2D eigenvalue weighted by molar-refractivity contribution is 5.03. The van der Waals surface area contributed by atoms with Gasteiger partial charge in [0, 0.05) is 11.9 Å². The van der Waals surface area contributed by atoms with Gasteiger partial charge in [0.05, 0.1) is 6.61 Å². The van der Waals surface area contributed by atoms with Gasteiger partial charge in [0.15, 0.2) is 0 Å². The summed E-state index contributed by atoms with van der Waals surface area (Å²) in [4.78, 5) is 8.15. The summed E-state index contributed by atoms with van der Waals surface area (Å²) in [7, 11) is 0. The molecule has 0 unspecified atom stereocenters. The fourth-order valence-corrected chi connectivity index (χ4v) is 0.776. The normalized spacial score (nSPS) is 11.4. The number of hydrogen-bond donors (Lipinski definition) is 0. The molecule has 1 heterocycles. The molecule has 1 aromatic rings. The molecule has 0 aromatic carbocycles. The van der Waals surface area contributed by atoms with E-state index in [0.29, 0.717) is 12.6 Å². The van der Waals surface area contributed by atoms with Crippen LogP contribution in [0.3, 0.4) is 0 Å². The van der Waals surface area contributed by atoms with Gasteiger partial charge in [0.1, 0.15) is 0 Å². The van der Waals surface area contributed by atoms with Gasteiger partial charge in [-0.2, -0.15) is 0 Å². The molecule has 0 spiro atoms. The summed E-state index contributed by atoms with van der Waals surface area (Å²) in [6.45, 7) is 8.90. The van der Waals surface area contributed by atoms with Crippen LogP contribution in [-0.4, -0.2) is 16.6 Å². The first-order valence-electron chi connectivity index (χ1n) is 4.40. The third-order valence-electron chi connectivity index (χ3n) is 1.41. The molecule has 13 heavy (non-hydrogen) atoms. The number of ether oxygens (including phenoxy) is 1. The lowest BCUT2D eigenvalue weighted by molar-refractivity contribution is 0.184. The molecule has 1 rings (SSSR count). The second kappa shape index (κ2) is 3.73. The Bertz CT molecular complexity index is 278. The Hall–Kier alpha value is -1.12. The van der Waals surface area contributed by atoms with Crippen LogP contribution < -0.4 is 4.74 Å². The van der Waals surface area contributed by atoms with Crippen molar-refractivity contribution in [1.29, 1.82) is 0 Å². The predicted molar refractivity (Wildman–Crippen MR) is 51.7 cm³/mol. The molecule has 0 N–H and O–H groups in total. The molecule has 0 aliphatic carbocycles. The van der Waals surface area contributed by atoms with Gasteiger partial charge in [0.25, 0.3) is 0 Å². The van der Waals surface area contributed by atoms with E-state index in [0.717, 1.165) is 5.69 Å². The van der Waals surface area contributed by atoms with Crippen LogP contribution >= 0.6 is 0 Å². The molecule has 3 heteroatoms. The molecule has 0 bridgehead atoms. The van der Waals surface area contributed by atoms with E-state index in [1.807, 2.05) is 13.0 Å². The molecule has 0 fully saturated rings. The van der Waals surface area contributed by atoms with E-state index in [4.69, 9.17) is 4.74 Å². The van der Waals surface area contributed by atoms with E-state index in [2.05, 4.69) is 30.7 Å². The largest absolute Gasteiger partial charge is 0.463 e. The third kappa shape index (κ3) is 3.87. The molecule has 0 aliphatic heterocycles. The van der Waals surface area contributed by atoms with Gasteiger partial charge in [-0.15, -0.1) is 0 Å². The minimum atomic E-state index is 0.146. The summed E-state index contributed by atoms with van der Waals surface area (Å²) in [6.07, 6.45) is 1.71. The molecule has 0 saturated heterocycles. The minimum Gasteiger partial charge on any atom is -0.463 e. The van der Waals surface area contributed by atoms with Crippen molar-refractivity contribution < 1.29 is 4.74 Å². The van der Waals surface area contributed by atoms with Crippen molar-refractivity contribution in [3.05, 3.63) is 18.0 Å². The van der Waals surface area contributed by atoms with Gasteiger partial charge in [-0.3, -0.25) is 0 Å². The van der Waals surface area contributed by atoms with E-state index in [-0.39, 0.29) is 5.41 Å². The van der Waals surface area contributed by atoms with Crippen LogP contribution in [0.1, 0.15) is 26.5 Å². The van der Waals surface area contributed by atoms with Crippen LogP contribution in [0.4, 0.5) is 0 Å². The Morgan fingerprint density at radius 3 is 2.62 bits per heavy atom.